The van der Waals surface area contributed by atoms with Crippen LogP contribution in [0.1, 0.15) is 49.8 Å². The zero-order chi connectivity index (χ0) is 17.2. The molecule has 3 rings (SSSR count). The summed E-state index contributed by atoms with van der Waals surface area (Å²) in [5.41, 5.74) is 2.53. The summed E-state index contributed by atoms with van der Waals surface area (Å²) in [6, 6.07) is 8.33. The van der Waals surface area contributed by atoms with E-state index in [1.807, 2.05) is 12.1 Å². The van der Waals surface area contributed by atoms with Crippen molar-refractivity contribution in [3.05, 3.63) is 35.4 Å². The molecular formula is C18H26N2O3S. The SMILES string of the molecule is CCS(=O)(=O)N1CCC[C@H](C(=O)N[C@H]2CCCc3ccccc32)C1. The quantitative estimate of drug-likeness (QED) is 0.906. The highest BCUT2D eigenvalue weighted by molar-refractivity contribution is 7.89. The van der Waals surface area contributed by atoms with Crippen molar-refractivity contribution in [3.8, 4) is 0 Å². The Kier molecular flexibility index (Phi) is 5.25. The lowest BCUT2D eigenvalue weighted by Gasteiger charge is -2.33. The second-order valence-corrected chi connectivity index (χ2v) is 9.01. The smallest absolute Gasteiger partial charge is 0.224 e. The molecule has 1 heterocycles. The van der Waals surface area contributed by atoms with Gasteiger partial charge in [-0.2, -0.15) is 0 Å². The minimum absolute atomic E-state index is 0.00675. The lowest BCUT2D eigenvalue weighted by molar-refractivity contribution is -0.127. The molecule has 1 amide bonds. The number of sulfonamides is 1. The topological polar surface area (TPSA) is 66.5 Å². The van der Waals surface area contributed by atoms with Crippen LogP contribution in [0.4, 0.5) is 0 Å². The highest BCUT2D eigenvalue weighted by atomic mass is 32.2. The third kappa shape index (κ3) is 3.64. The van der Waals surface area contributed by atoms with Crippen molar-refractivity contribution in [3.63, 3.8) is 0 Å². The van der Waals surface area contributed by atoms with Crippen LogP contribution in [-0.4, -0.2) is 37.5 Å². The molecule has 2 atom stereocenters. The molecule has 0 unspecified atom stereocenters. The monoisotopic (exact) mass is 350 g/mol. The molecule has 1 aromatic carbocycles. The van der Waals surface area contributed by atoms with E-state index >= 15 is 0 Å². The summed E-state index contributed by atoms with van der Waals surface area (Å²) in [6.45, 7) is 2.50. The van der Waals surface area contributed by atoms with Gasteiger partial charge < -0.3 is 5.32 Å². The second-order valence-electron chi connectivity index (χ2n) is 6.75. The fraction of sp³-hybridized carbons (Fsp3) is 0.611. The number of carbonyl (C=O) groups excluding carboxylic acids is 1. The minimum Gasteiger partial charge on any atom is -0.349 e. The number of benzene rings is 1. The Morgan fingerprint density at radius 1 is 1.25 bits per heavy atom. The Hall–Kier alpha value is -1.40. The van der Waals surface area contributed by atoms with E-state index in [0.717, 1.165) is 32.1 Å². The van der Waals surface area contributed by atoms with Crippen molar-refractivity contribution in [2.45, 2.75) is 45.1 Å². The fourth-order valence-corrected chi connectivity index (χ4v) is 4.96. The Balaban J connectivity index is 1.67. The van der Waals surface area contributed by atoms with Crippen LogP contribution in [0.5, 0.6) is 0 Å². The number of hydrogen-bond donors (Lipinski definition) is 1. The van der Waals surface area contributed by atoms with Gasteiger partial charge >= 0.3 is 0 Å². The summed E-state index contributed by atoms with van der Waals surface area (Å²) in [7, 11) is -3.22. The standard InChI is InChI=1S/C18H26N2O3S/c1-2-24(22,23)20-12-6-9-15(13-20)18(21)19-17-11-5-8-14-7-3-4-10-16(14)17/h3-4,7,10,15,17H,2,5-6,8-9,11-13H2,1H3,(H,19,21)/t15-,17-/m0/s1. The van der Waals surface area contributed by atoms with Gasteiger partial charge in [-0.15, -0.1) is 0 Å². The average Bonchev–Trinajstić information content (AvgIpc) is 2.62. The molecule has 6 heteroatoms. The summed E-state index contributed by atoms with van der Waals surface area (Å²) >= 11 is 0. The predicted octanol–water partition coefficient (Wildman–Crippen LogP) is 2.24. The fourth-order valence-electron chi connectivity index (χ4n) is 3.79. The molecule has 1 saturated heterocycles. The molecule has 5 nitrogen and oxygen atoms in total. The molecule has 1 aliphatic heterocycles. The van der Waals surface area contributed by atoms with Crippen molar-refractivity contribution in [2.24, 2.45) is 5.92 Å². The largest absolute Gasteiger partial charge is 0.349 e. The molecule has 0 saturated carbocycles. The van der Waals surface area contributed by atoms with Gasteiger partial charge in [0.2, 0.25) is 15.9 Å². The molecule has 1 aromatic rings. The van der Waals surface area contributed by atoms with Gasteiger partial charge in [0.25, 0.3) is 0 Å². The Morgan fingerprint density at radius 2 is 2.04 bits per heavy atom. The Labute approximate surface area is 144 Å². The number of nitrogens with zero attached hydrogens (tertiary/aromatic N) is 1. The first-order valence-corrected chi connectivity index (χ1v) is 10.5. The number of carbonyl (C=O) groups is 1. The zero-order valence-corrected chi connectivity index (χ0v) is 15.0. The minimum atomic E-state index is -3.22. The van der Waals surface area contributed by atoms with E-state index in [2.05, 4.69) is 17.4 Å². The average molecular weight is 350 g/mol. The van der Waals surface area contributed by atoms with Crippen LogP contribution in [0.25, 0.3) is 0 Å². The van der Waals surface area contributed by atoms with Gasteiger partial charge in [0.15, 0.2) is 0 Å². The van der Waals surface area contributed by atoms with Gasteiger partial charge in [-0.25, -0.2) is 12.7 Å². The summed E-state index contributed by atoms with van der Waals surface area (Å²) in [6.07, 6.45) is 4.60. The van der Waals surface area contributed by atoms with Crippen LogP contribution < -0.4 is 5.32 Å². The number of amides is 1. The molecule has 0 aromatic heterocycles. The first-order chi connectivity index (χ1) is 11.5. The van der Waals surface area contributed by atoms with Gasteiger partial charge in [0, 0.05) is 13.1 Å². The van der Waals surface area contributed by atoms with Crippen molar-refractivity contribution in [2.75, 3.05) is 18.8 Å². The van der Waals surface area contributed by atoms with Crippen LogP contribution in [0.3, 0.4) is 0 Å². The summed E-state index contributed by atoms with van der Waals surface area (Å²) in [5.74, 6) is -0.154. The van der Waals surface area contributed by atoms with Crippen LogP contribution >= 0.6 is 0 Å². The molecule has 24 heavy (non-hydrogen) atoms. The highest BCUT2D eigenvalue weighted by Gasteiger charge is 2.32. The molecule has 0 radical (unpaired) electrons. The number of rotatable bonds is 4. The van der Waals surface area contributed by atoms with Crippen LogP contribution in [-0.2, 0) is 21.2 Å². The van der Waals surface area contributed by atoms with Gasteiger partial charge in [-0.1, -0.05) is 24.3 Å². The molecule has 1 fully saturated rings. The summed E-state index contributed by atoms with van der Waals surface area (Å²) in [4.78, 5) is 12.7. The molecule has 2 aliphatic rings. The van der Waals surface area contributed by atoms with E-state index in [0.29, 0.717) is 13.1 Å². The molecule has 0 bridgehead atoms. The second kappa shape index (κ2) is 7.23. The van der Waals surface area contributed by atoms with Gasteiger partial charge in [-0.05, 0) is 50.2 Å². The normalized spacial score (nSPS) is 25.0. The number of nitrogens with one attached hydrogen (secondary N) is 1. The molecular weight excluding hydrogens is 324 g/mol. The van der Waals surface area contributed by atoms with E-state index in [9.17, 15) is 13.2 Å². The van der Waals surface area contributed by atoms with Crippen LogP contribution in [0, 0.1) is 5.92 Å². The van der Waals surface area contributed by atoms with E-state index in [4.69, 9.17) is 0 Å². The van der Waals surface area contributed by atoms with Gasteiger partial charge in [-0.3, -0.25) is 4.79 Å². The maximum absolute atomic E-state index is 12.7. The third-order valence-electron chi connectivity index (χ3n) is 5.20. The Morgan fingerprint density at radius 3 is 2.83 bits per heavy atom. The molecule has 132 valence electrons. The molecule has 1 aliphatic carbocycles. The highest BCUT2D eigenvalue weighted by Crippen LogP contribution is 2.30. The van der Waals surface area contributed by atoms with E-state index in [1.165, 1.54) is 15.4 Å². The van der Waals surface area contributed by atoms with E-state index in [-0.39, 0.29) is 23.6 Å². The van der Waals surface area contributed by atoms with Gasteiger partial charge in [0.05, 0.1) is 17.7 Å². The Bertz CT molecular complexity index is 702. The lowest BCUT2D eigenvalue weighted by Crippen LogP contribution is -2.46. The summed E-state index contributed by atoms with van der Waals surface area (Å²) in [5, 5.41) is 3.17. The predicted molar refractivity (Wildman–Crippen MR) is 94.0 cm³/mol. The maximum Gasteiger partial charge on any atom is 0.224 e. The van der Waals surface area contributed by atoms with E-state index < -0.39 is 10.0 Å². The van der Waals surface area contributed by atoms with Crippen molar-refractivity contribution >= 4 is 15.9 Å². The number of fused-ring (bicyclic) bond motifs is 1. The first kappa shape index (κ1) is 17.4. The third-order valence-corrected chi connectivity index (χ3v) is 7.05. The van der Waals surface area contributed by atoms with Crippen molar-refractivity contribution in [1.29, 1.82) is 0 Å². The van der Waals surface area contributed by atoms with Crippen molar-refractivity contribution < 1.29 is 13.2 Å². The first-order valence-electron chi connectivity index (χ1n) is 8.87. The number of piperidine rings is 1. The maximum atomic E-state index is 12.7. The van der Waals surface area contributed by atoms with Crippen LogP contribution in [0.2, 0.25) is 0 Å². The zero-order valence-electron chi connectivity index (χ0n) is 14.2. The molecule has 0 spiro atoms. The van der Waals surface area contributed by atoms with Gasteiger partial charge in [0.1, 0.15) is 0 Å². The van der Waals surface area contributed by atoms with Crippen molar-refractivity contribution in [1.82, 2.24) is 9.62 Å². The molecule has 1 N–H and O–H groups in total. The lowest BCUT2D eigenvalue weighted by atomic mass is 9.87. The number of hydrogen-bond acceptors (Lipinski definition) is 3. The number of aryl methyl sites for hydroxylation is 1. The summed E-state index contributed by atoms with van der Waals surface area (Å²) < 4.78 is 25.6. The van der Waals surface area contributed by atoms with E-state index in [1.54, 1.807) is 6.92 Å². The van der Waals surface area contributed by atoms with Crippen LogP contribution in [0.15, 0.2) is 24.3 Å².